The van der Waals surface area contributed by atoms with Gasteiger partial charge in [-0.3, -0.25) is 4.79 Å². The van der Waals surface area contributed by atoms with E-state index in [-0.39, 0.29) is 26.6 Å². The van der Waals surface area contributed by atoms with Crippen LogP contribution in [-0.2, 0) is 21.2 Å². The van der Waals surface area contributed by atoms with E-state index in [1.807, 2.05) is 12.1 Å². The lowest BCUT2D eigenvalue weighted by molar-refractivity contribution is -0.123. The summed E-state index contributed by atoms with van der Waals surface area (Å²) >= 11 is 11.9. The molecule has 2 heterocycles. The second-order valence-electron chi connectivity index (χ2n) is 6.92. The highest BCUT2D eigenvalue weighted by Crippen LogP contribution is 2.29. The molecule has 0 N–H and O–H groups in total. The van der Waals surface area contributed by atoms with Gasteiger partial charge in [0.2, 0.25) is 15.9 Å². The van der Waals surface area contributed by atoms with Crippen LogP contribution in [0.1, 0.15) is 24.8 Å². The van der Waals surface area contributed by atoms with Gasteiger partial charge in [0.1, 0.15) is 5.78 Å². The fraction of sp³-hybridized carbons (Fsp3) is 0.400. The van der Waals surface area contributed by atoms with E-state index in [1.165, 1.54) is 22.5 Å². The molecule has 0 aliphatic carbocycles. The number of aryl methyl sites for hydroxylation is 1. The van der Waals surface area contributed by atoms with Crippen molar-refractivity contribution in [3.05, 3.63) is 52.1 Å². The fourth-order valence-corrected chi connectivity index (χ4v) is 5.70. The highest BCUT2D eigenvalue weighted by atomic mass is 35.5. The SMILES string of the molecule is COc1ncccc1CCC(=O)C1CCN(S(=O)(=O)c2cc(Cl)cc(Cl)c2)CC1. The standard InChI is InChI=1S/C20H22Cl2N2O4S/c1-28-20-15(3-2-8-23-20)4-5-19(25)14-6-9-24(10-7-14)29(26,27)18-12-16(21)11-17(22)13-18/h2-3,8,11-14H,4-7,9-10H2,1H3. The number of benzene rings is 1. The molecule has 0 unspecified atom stereocenters. The summed E-state index contributed by atoms with van der Waals surface area (Å²) in [4.78, 5) is 16.8. The van der Waals surface area contributed by atoms with Crippen LogP contribution in [0.25, 0.3) is 0 Å². The van der Waals surface area contributed by atoms with Gasteiger partial charge >= 0.3 is 0 Å². The number of carbonyl (C=O) groups is 1. The van der Waals surface area contributed by atoms with Crippen molar-refractivity contribution in [1.29, 1.82) is 0 Å². The van der Waals surface area contributed by atoms with Crippen molar-refractivity contribution in [2.45, 2.75) is 30.6 Å². The Hall–Kier alpha value is -1.67. The molecule has 0 saturated carbocycles. The van der Waals surface area contributed by atoms with Gasteiger partial charge in [0.05, 0.1) is 12.0 Å². The van der Waals surface area contributed by atoms with Crippen LogP contribution < -0.4 is 4.74 Å². The maximum absolute atomic E-state index is 12.9. The quantitative estimate of drug-likeness (QED) is 0.628. The largest absolute Gasteiger partial charge is 0.481 e. The van der Waals surface area contributed by atoms with E-state index in [0.717, 1.165) is 5.56 Å². The summed E-state index contributed by atoms with van der Waals surface area (Å²) in [6.07, 6.45) is 3.57. The molecule has 1 saturated heterocycles. The van der Waals surface area contributed by atoms with E-state index in [0.29, 0.717) is 44.7 Å². The van der Waals surface area contributed by atoms with Gasteiger partial charge in [-0.25, -0.2) is 13.4 Å². The summed E-state index contributed by atoms with van der Waals surface area (Å²) < 4.78 is 32.3. The molecule has 1 aliphatic heterocycles. The molecule has 1 aromatic heterocycles. The minimum Gasteiger partial charge on any atom is -0.481 e. The van der Waals surface area contributed by atoms with Gasteiger partial charge in [-0.15, -0.1) is 0 Å². The summed E-state index contributed by atoms with van der Waals surface area (Å²) in [6.45, 7) is 0.582. The second-order valence-corrected chi connectivity index (χ2v) is 9.73. The van der Waals surface area contributed by atoms with Gasteiger partial charge < -0.3 is 4.74 Å². The molecule has 1 aromatic carbocycles. The first-order chi connectivity index (χ1) is 13.8. The number of rotatable bonds is 7. The molecule has 0 spiro atoms. The number of sulfonamides is 1. The van der Waals surface area contributed by atoms with Gasteiger partial charge in [-0.1, -0.05) is 29.3 Å². The van der Waals surface area contributed by atoms with Crippen LogP contribution in [0.2, 0.25) is 10.0 Å². The number of ether oxygens (including phenoxy) is 1. The smallest absolute Gasteiger partial charge is 0.243 e. The third-order valence-corrected chi connectivity index (χ3v) is 7.38. The molecule has 1 fully saturated rings. The maximum Gasteiger partial charge on any atom is 0.243 e. The first-order valence-electron chi connectivity index (χ1n) is 9.28. The van der Waals surface area contributed by atoms with Crippen molar-refractivity contribution in [3.63, 3.8) is 0 Å². The van der Waals surface area contributed by atoms with Crippen LogP contribution in [0.15, 0.2) is 41.4 Å². The lowest BCUT2D eigenvalue weighted by Crippen LogP contribution is -2.40. The zero-order chi connectivity index (χ0) is 21.0. The molecular formula is C20H22Cl2N2O4S. The molecule has 0 bridgehead atoms. The molecule has 156 valence electrons. The highest BCUT2D eigenvalue weighted by Gasteiger charge is 2.32. The number of hydrogen-bond acceptors (Lipinski definition) is 5. The van der Waals surface area contributed by atoms with Crippen molar-refractivity contribution in [3.8, 4) is 5.88 Å². The van der Waals surface area contributed by atoms with Crippen LogP contribution in [0.4, 0.5) is 0 Å². The summed E-state index contributed by atoms with van der Waals surface area (Å²) in [5.74, 6) is 0.521. The molecule has 9 heteroatoms. The zero-order valence-electron chi connectivity index (χ0n) is 16.0. The van der Waals surface area contributed by atoms with Gasteiger partial charge in [0.15, 0.2) is 0 Å². The zero-order valence-corrected chi connectivity index (χ0v) is 18.3. The third-order valence-electron chi connectivity index (χ3n) is 5.07. The third kappa shape index (κ3) is 5.28. The number of aromatic nitrogens is 1. The topological polar surface area (TPSA) is 76.6 Å². The van der Waals surface area contributed by atoms with Crippen molar-refractivity contribution in [1.82, 2.24) is 9.29 Å². The number of halogens is 2. The maximum atomic E-state index is 12.9. The van der Waals surface area contributed by atoms with Crippen LogP contribution in [-0.4, -0.2) is 43.7 Å². The first kappa shape index (κ1) is 22.0. The first-order valence-corrected chi connectivity index (χ1v) is 11.5. The number of methoxy groups -OCH3 is 1. The van der Waals surface area contributed by atoms with Crippen LogP contribution in [0.3, 0.4) is 0 Å². The number of pyridine rings is 1. The Morgan fingerprint density at radius 1 is 1.21 bits per heavy atom. The van der Waals surface area contributed by atoms with E-state index in [4.69, 9.17) is 27.9 Å². The van der Waals surface area contributed by atoms with E-state index in [2.05, 4.69) is 4.98 Å². The number of nitrogens with zero attached hydrogens (tertiary/aromatic N) is 2. The number of hydrogen-bond donors (Lipinski definition) is 0. The summed E-state index contributed by atoms with van der Waals surface area (Å²) in [7, 11) is -2.14. The molecule has 29 heavy (non-hydrogen) atoms. The number of piperidine rings is 1. The molecule has 0 radical (unpaired) electrons. The van der Waals surface area contributed by atoms with E-state index < -0.39 is 10.0 Å². The van der Waals surface area contributed by atoms with E-state index in [9.17, 15) is 13.2 Å². The molecule has 0 atom stereocenters. The average molecular weight is 457 g/mol. The van der Waals surface area contributed by atoms with Gasteiger partial charge in [-0.2, -0.15) is 4.31 Å². The van der Waals surface area contributed by atoms with Crippen LogP contribution >= 0.6 is 23.2 Å². The monoisotopic (exact) mass is 456 g/mol. The number of Topliss-reactive ketones (excluding diaryl/α,β-unsaturated/α-hetero) is 1. The van der Waals surface area contributed by atoms with Crippen molar-refractivity contribution in [2.24, 2.45) is 5.92 Å². The van der Waals surface area contributed by atoms with Crippen LogP contribution in [0, 0.1) is 5.92 Å². The minimum atomic E-state index is -3.69. The average Bonchev–Trinajstić information content (AvgIpc) is 2.71. The van der Waals surface area contributed by atoms with Crippen molar-refractivity contribution in [2.75, 3.05) is 20.2 Å². The summed E-state index contributed by atoms with van der Waals surface area (Å²) in [5, 5.41) is 0.541. The Bertz CT molecular complexity index is 969. The number of carbonyl (C=O) groups excluding carboxylic acids is 1. The Morgan fingerprint density at radius 3 is 2.48 bits per heavy atom. The molecule has 3 rings (SSSR count). The Kier molecular flexibility index (Phi) is 7.16. The molecule has 1 aliphatic rings. The van der Waals surface area contributed by atoms with Crippen molar-refractivity contribution < 1.29 is 17.9 Å². The van der Waals surface area contributed by atoms with Gasteiger partial charge in [0, 0.05) is 47.2 Å². The van der Waals surface area contributed by atoms with Gasteiger partial charge in [0.25, 0.3) is 0 Å². The fourth-order valence-electron chi connectivity index (χ4n) is 3.50. The van der Waals surface area contributed by atoms with E-state index >= 15 is 0 Å². The Labute approximate surface area is 180 Å². The highest BCUT2D eigenvalue weighted by molar-refractivity contribution is 7.89. The molecular weight excluding hydrogens is 435 g/mol. The summed E-state index contributed by atoms with van der Waals surface area (Å²) in [5.41, 5.74) is 0.890. The van der Waals surface area contributed by atoms with Crippen LogP contribution in [0.5, 0.6) is 5.88 Å². The Morgan fingerprint density at radius 2 is 1.86 bits per heavy atom. The van der Waals surface area contributed by atoms with Crippen molar-refractivity contribution >= 4 is 39.0 Å². The molecule has 0 amide bonds. The predicted molar refractivity (Wildman–Crippen MR) is 112 cm³/mol. The molecule has 6 nitrogen and oxygen atoms in total. The summed E-state index contributed by atoms with van der Waals surface area (Å²) in [6, 6.07) is 7.98. The lowest BCUT2D eigenvalue weighted by atomic mass is 9.90. The molecule has 2 aromatic rings. The van der Waals surface area contributed by atoms with Gasteiger partial charge in [-0.05, 0) is 43.5 Å². The number of ketones is 1. The minimum absolute atomic E-state index is 0.0726. The normalized spacial score (nSPS) is 16.0. The second kappa shape index (κ2) is 9.43. The predicted octanol–water partition coefficient (Wildman–Crippen LogP) is 4.00. The van der Waals surface area contributed by atoms with E-state index in [1.54, 1.807) is 13.3 Å². The Balaban J connectivity index is 1.59. The lowest BCUT2D eigenvalue weighted by Gasteiger charge is -2.30.